The normalized spacial score (nSPS) is 17.4. The van der Waals surface area contributed by atoms with E-state index < -0.39 is 5.97 Å². The number of benzene rings is 2. The summed E-state index contributed by atoms with van der Waals surface area (Å²) < 4.78 is 0. The third-order valence-corrected chi connectivity index (χ3v) is 5.46. The van der Waals surface area contributed by atoms with Crippen molar-refractivity contribution in [3.63, 3.8) is 0 Å². The number of rotatable bonds is 5. The zero-order valence-corrected chi connectivity index (χ0v) is 14.1. The molecule has 2 aromatic carbocycles. The second kappa shape index (κ2) is 7.09. The number of anilines is 1. The second-order valence-corrected chi connectivity index (χ2v) is 7.06. The van der Waals surface area contributed by atoms with E-state index in [2.05, 4.69) is 60.4 Å². The van der Waals surface area contributed by atoms with Crippen molar-refractivity contribution in [1.29, 1.82) is 0 Å². The predicted molar refractivity (Wildman–Crippen MR) is 94.4 cm³/mol. The van der Waals surface area contributed by atoms with Crippen LogP contribution >= 0.6 is 11.8 Å². The first-order chi connectivity index (χ1) is 11.1. The molecule has 0 spiro atoms. The highest BCUT2D eigenvalue weighted by molar-refractivity contribution is 7.99. The Morgan fingerprint density at radius 1 is 1.22 bits per heavy atom. The highest BCUT2D eigenvalue weighted by atomic mass is 32.2. The number of hydrogen-bond acceptors (Lipinski definition) is 3. The molecular formula is C19H21NO2S. The Balaban J connectivity index is 1.72. The lowest BCUT2D eigenvalue weighted by Crippen LogP contribution is -2.31. The van der Waals surface area contributed by atoms with E-state index >= 15 is 0 Å². The maximum Gasteiger partial charge on any atom is 0.305 e. The topological polar surface area (TPSA) is 40.5 Å². The van der Waals surface area contributed by atoms with Crippen LogP contribution < -0.4 is 4.90 Å². The summed E-state index contributed by atoms with van der Waals surface area (Å²) in [6, 6.07) is 17.0. The van der Waals surface area contributed by atoms with Gasteiger partial charge in [0, 0.05) is 28.1 Å². The van der Waals surface area contributed by atoms with Gasteiger partial charge >= 0.3 is 5.97 Å². The molecule has 0 bridgehead atoms. The Hall–Kier alpha value is -1.94. The molecule has 1 atom stereocenters. The van der Waals surface area contributed by atoms with Gasteiger partial charge in [-0.15, -0.1) is 0 Å². The van der Waals surface area contributed by atoms with Crippen LogP contribution in [0.2, 0.25) is 0 Å². The molecule has 1 unspecified atom stereocenters. The van der Waals surface area contributed by atoms with Crippen molar-refractivity contribution in [3.05, 3.63) is 54.1 Å². The number of carboxylic acid groups (broad SMARTS) is 1. The van der Waals surface area contributed by atoms with Gasteiger partial charge in [-0.1, -0.05) is 30.0 Å². The number of carboxylic acids is 1. The molecule has 1 aliphatic heterocycles. The van der Waals surface area contributed by atoms with Crippen LogP contribution in [0.5, 0.6) is 0 Å². The van der Waals surface area contributed by atoms with Crippen molar-refractivity contribution in [2.24, 2.45) is 0 Å². The molecule has 0 saturated carbocycles. The van der Waals surface area contributed by atoms with E-state index in [-0.39, 0.29) is 12.5 Å². The molecule has 0 aliphatic carbocycles. The van der Waals surface area contributed by atoms with Gasteiger partial charge in [-0.05, 0) is 55.7 Å². The van der Waals surface area contributed by atoms with Gasteiger partial charge in [-0.2, -0.15) is 0 Å². The molecule has 1 aliphatic rings. The molecular weight excluding hydrogens is 306 g/mol. The van der Waals surface area contributed by atoms with Crippen LogP contribution in [0.1, 0.15) is 24.8 Å². The van der Waals surface area contributed by atoms with E-state index in [4.69, 9.17) is 5.11 Å². The van der Waals surface area contributed by atoms with E-state index in [0.717, 1.165) is 25.1 Å². The average molecular weight is 327 g/mol. The molecule has 1 fully saturated rings. The fourth-order valence-electron chi connectivity index (χ4n) is 3.09. The molecule has 1 N–H and O–H groups in total. The molecule has 23 heavy (non-hydrogen) atoms. The van der Waals surface area contributed by atoms with Gasteiger partial charge < -0.3 is 10.0 Å². The molecule has 120 valence electrons. The fraction of sp³-hybridized carbons (Fsp3) is 0.316. The summed E-state index contributed by atoms with van der Waals surface area (Å²) in [5, 5.41) is 9.04. The third-order valence-electron chi connectivity index (χ3n) is 4.28. The SMILES string of the molecule is Cc1ccccc1Sc1ccc(N2CCCC2CC(=O)O)cc1. The molecule has 3 rings (SSSR count). The lowest BCUT2D eigenvalue weighted by Gasteiger charge is -2.25. The Kier molecular flexibility index (Phi) is 4.91. The molecule has 0 amide bonds. The number of hydrogen-bond donors (Lipinski definition) is 1. The van der Waals surface area contributed by atoms with Crippen LogP contribution in [0.3, 0.4) is 0 Å². The Bertz CT molecular complexity index is 684. The van der Waals surface area contributed by atoms with Crippen molar-refractivity contribution >= 4 is 23.4 Å². The van der Waals surface area contributed by atoms with Crippen molar-refractivity contribution in [1.82, 2.24) is 0 Å². The van der Waals surface area contributed by atoms with Crippen molar-refractivity contribution in [2.75, 3.05) is 11.4 Å². The summed E-state index contributed by atoms with van der Waals surface area (Å²) in [6.45, 7) is 3.07. The highest BCUT2D eigenvalue weighted by Crippen LogP contribution is 2.33. The van der Waals surface area contributed by atoms with E-state index in [1.54, 1.807) is 11.8 Å². The smallest absolute Gasteiger partial charge is 0.305 e. The highest BCUT2D eigenvalue weighted by Gasteiger charge is 2.26. The van der Waals surface area contributed by atoms with E-state index in [1.165, 1.54) is 15.4 Å². The van der Waals surface area contributed by atoms with E-state index in [1.807, 2.05) is 0 Å². The van der Waals surface area contributed by atoms with Crippen LogP contribution in [0, 0.1) is 6.92 Å². The first kappa shape index (κ1) is 15.9. The number of aryl methyl sites for hydroxylation is 1. The van der Waals surface area contributed by atoms with Gasteiger partial charge in [-0.25, -0.2) is 0 Å². The van der Waals surface area contributed by atoms with Gasteiger partial charge in [0.2, 0.25) is 0 Å². The van der Waals surface area contributed by atoms with Gasteiger partial charge in [0.25, 0.3) is 0 Å². The first-order valence-corrected chi connectivity index (χ1v) is 8.77. The maximum atomic E-state index is 11.0. The second-order valence-electron chi connectivity index (χ2n) is 5.95. The van der Waals surface area contributed by atoms with E-state index in [0.29, 0.717) is 0 Å². The Morgan fingerprint density at radius 3 is 2.65 bits per heavy atom. The maximum absolute atomic E-state index is 11.0. The molecule has 3 nitrogen and oxygen atoms in total. The average Bonchev–Trinajstić information content (AvgIpc) is 2.98. The van der Waals surface area contributed by atoms with Crippen LogP contribution in [-0.2, 0) is 4.79 Å². The van der Waals surface area contributed by atoms with Crippen molar-refractivity contribution in [2.45, 2.75) is 42.0 Å². The zero-order valence-electron chi connectivity index (χ0n) is 13.2. The van der Waals surface area contributed by atoms with Gasteiger partial charge in [0.05, 0.1) is 6.42 Å². The molecule has 2 aromatic rings. The lowest BCUT2D eigenvalue weighted by atomic mass is 10.1. The van der Waals surface area contributed by atoms with Crippen molar-refractivity contribution < 1.29 is 9.90 Å². The lowest BCUT2D eigenvalue weighted by molar-refractivity contribution is -0.137. The minimum atomic E-state index is -0.714. The summed E-state index contributed by atoms with van der Waals surface area (Å²) in [5.41, 5.74) is 2.41. The minimum absolute atomic E-state index is 0.127. The van der Waals surface area contributed by atoms with Crippen LogP contribution in [0.15, 0.2) is 58.3 Å². The Morgan fingerprint density at radius 2 is 1.96 bits per heavy atom. The monoisotopic (exact) mass is 327 g/mol. The van der Waals surface area contributed by atoms with Gasteiger partial charge in [0.15, 0.2) is 0 Å². The standard InChI is InChI=1S/C19H21NO2S/c1-14-5-2-3-7-18(14)23-17-10-8-15(9-11-17)20-12-4-6-16(20)13-19(21)22/h2-3,5,7-11,16H,4,6,12-13H2,1H3,(H,21,22). The number of nitrogens with zero attached hydrogens (tertiary/aromatic N) is 1. The van der Waals surface area contributed by atoms with E-state index in [9.17, 15) is 4.79 Å². The summed E-state index contributed by atoms with van der Waals surface area (Å²) >= 11 is 1.76. The van der Waals surface area contributed by atoms with Gasteiger partial charge in [0.1, 0.15) is 0 Å². The van der Waals surface area contributed by atoms with Gasteiger partial charge in [-0.3, -0.25) is 4.79 Å². The minimum Gasteiger partial charge on any atom is -0.481 e. The number of carbonyl (C=O) groups is 1. The molecule has 0 aromatic heterocycles. The van der Waals surface area contributed by atoms with Crippen LogP contribution in [0.4, 0.5) is 5.69 Å². The summed E-state index contributed by atoms with van der Waals surface area (Å²) in [4.78, 5) is 15.7. The third kappa shape index (κ3) is 3.88. The Labute approximate surface area is 141 Å². The molecule has 1 saturated heterocycles. The summed E-state index contributed by atoms with van der Waals surface area (Å²) in [6.07, 6.45) is 2.25. The summed E-state index contributed by atoms with van der Waals surface area (Å²) in [5.74, 6) is -0.714. The number of aliphatic carboxylic acids is 1. The summed E-state index contributed by atoms with van der Waals surface area (Å²) in [7, 11) is 0. The van der Waals surface area contributed by atoms with Crippen LogP contribution in [-0.4, -0.2) is 23.7 Å². The molecule has 4 heteroatoms. The first-order valence-electron chi connectivity index (χ1n) is 7.95. The zero-order chi connectivity index (χ0) is 16.2. The predicted octanol–water partition coefficient (Wildman–Crippen LogP) is 4.59. The molecule has 1 heterocycles. The van der Waals surface area contributed by atoms with Crippen molar-refractivity contribution in [3.8, 4) is 0 Å². The molecule has 0 radical (unpaired) electrons. The van der Waals surface area contributed by atoms with Crippen LogP contribution in [0.25, 0.3) is 0 Å². The largest absolute Gasteiger partial charge is 0.481 e. The quantitative estimate of drug-likeness (QED) is 0.872. The fourth-order valence-corrected chi connectivity index (χ4v) is 3.99.